The van der Waals surface area contributed by atoms with Gasteiger partial charge >= 0.3 is 0 Å². The lowest BCUT2D eigenvalue weighted by Crippen LogP contribution is -2.58. The highest BCUT2D eigenvalue weighted by Crippen LogP contribution is 2.31. The molecule has 0 radical (unpaired) electrons. The monoisotopic (exact) mass is 352 g/mol. The number of likely N-dealkylation sites (tertiary alicyclic amines) is 1. The third kappa shape index (κ3) is 5.96. The van der Waals surface area contributed by atoms with Gasteiger partial charge in [-0.25, -0.2) is 0 Å². The molecule has 1 amide bonds. The number of hydrogen-bond donors (Lipinski definition) is 0. The van der Waals surface area contributed by atoms with E-state index in [2.05, 4.69) is 37.5 Å². The summed E-state index contributed by atoms with van der Waals surface area (Å²) in [5.41, 5.74) is -0.000666. The normalized spacial score (nSPS) is 22.5. The largest absolute Gasteiger partial charge is 0.372 e. The Labute approximate surface area is 155 Å². The lowest BCUT2D eigenvalue weighted by molar-refractivity contribution is -0.153. The maximum absolute atomic E-state index is 12.7. The van der Waals surface area contributed by atoms with E-state index in [0.29, 0.717) is 5.91 Å². The highest BCUT2D eigenvalue weighted by atomic mass is 16.5. The molecule has 25 heavy (non-hydrogen) atoms. The van der Waals surface area contributed by atoms with E-state index in [0.717, 1.165) is 70.8 Å². The molecule has 1 spiro atoms. The van der Waals surface area contributed by atoms with Crippen LogP contribution < -0.4 is 0 Å². The summed E-state index contributed by atoms with van der Waals surface area (Å²) in [5, 5.41) is 0. The number of rotatable bonds is 8. The Morgan fingerprint density at radius 3 is 2.44 bits per heavy atom. The smallest absolute Gasteiger partial charge is 0.225 e. The Bertz CT molecular complexity index is 403. The molecule has 2 aliphatic heterocycles. The van der Waals surface area contributed by atoms with Gasteiger partial charge in [0.1, 0.15) is 0 Å². The number of amides is 1. The molecule has 2 rings (SSSR count). The summed E-state index contributed by atoms with van der Waals surface area (Å²) >= 11 is 0. The standard InChI is InChI=1S/C21H40N2O2/c1-5-8-19(6-2)20(24)23-13-10-21(11-14-23)17-22(15-16-25-21)12-7-9-18(3)4/h18-19H,5-17H2,1-4H3. The number of nitrogens with zero attached hydrogens (tertiary/aromatic N) is 2. The molecule has 0 N–H and O–H groups in total. The zero-order valence-corrected chi connectivity index (χ0v) is 17.1. The Hall–Kier alpha value is -0.610. The molecule has 0 bridgehead atoms. The molecule has 0 saturated carbocycles. The fourth-order valence-corrected chi connectivity index (χ4v) is 4.38. The number of carbonyl (C=O) groups excluding carboxylic acids is 1. The topological polar surface area (TPSA) is 32.8 Å². The SMILES string of the molecule is CCCC(CC)C(=O)N1CCC2(CC1)CN(CCCC(C)C)CCO2. The highest BCUT2D eigenvalue weighted by molar-refractivity contribution is 5.78. The second-order valence-corrected chi connectivity index (χ2v) is 8.56. The van der Waals surface area contributed by atoms with E-state index >= 15 is 0 Å². The first kappa shape index (κ1) is 20.7. The molecule has 2 heterocycles. The summed E-state index contributed by atoms with van der Waals surface area (Å²) in [6.07, 6.45) is 7.68. The van der Waals surface area contributed by atoms with Crippen molar-refractivity contribution < 1.29 is 9.53 Å². The molecule has 4 nitrogen and oxygen atoms in total. The van der Waals surface area contributed by atoms with Crippen LogP contribution in [-0.2, 0) is 9.53 Å². The number of piperidine rings is 1. The van der Waals surface area contributed by atoms with Gasteiger partial charge < -0.3 is 9.64 Å². The second-order valence-electron chi connectivity index (χ2n) is 8.56. The molecular weight excluding hydrogens is 312 g/mol. The third-order valence-electron chi connectivity index (χ3n) is 6.05. The quantitative estimate of drug-likeness (QED) is 0.663. The summed E-state index contributed by atoms with van der Waals surface area (Å²) in [4.78, 5) is 17.4. The molecule has 1 unspecified atom stereocenters. The number of carbonyl (C=O) groups is 1. The zero-order chi connectivity index (χ0) is 18.3. The average Bonchev–Trinajstić information content (AvgIpc) is 2.60. The number of hydrogen-bond acceptors (Lipinski definition) is 3. The van der Waals surface area contributed by atoms with Crippen LogP contribution in [0, 0.1) is 11.8 Å². The fraction of sp³-hybridized carbons (Fsp3) is 0.952. The summed E-state index contributed by atoms with van der Waals surface area (Å²) < 4.78 is 6.25. The van der Waals surface area contributed by atoms with Crippen molar-refractivity contribution in [3.05, 3.63) is 0 Å². The van der Waals surface area contributed by atoms with E-state index in [1.54, 1.807) is 0 Å². The maximum atomic E-state index is 12.7. The summed E-state index contributed by atoms with van der Waals surface area (Å²) in [5.74, 6) is 1.39. The molecule has 0 aromatic rings. The van der Waals surface area contributed by atoms with Crippen LogP contribution in [0.5, 0.6) is 0 Å². The van der Waals surface area contributed by atoms with Gasteiger partial charge in [-0.15, -0.1) is 0 Å². The van der Waals surface area contributed by atoms with Crippen molar-refractivity contribution in [2.24, 2.45) is 11.8 Å². The highest BCUT2D eigenvalue weighted by Gasteiger charge is 2.41. The average molecular weight is 353 g/mol. The van der Waals surface area contributed by atoms with Gasteiger partial charge in [-0.05, 0) is 51.0 Å². The minimum absolute atomic E-state index is 0.000666. The number of ether oxygens (including phenoxy) is 1. The van der Waals surface area contributed by atoms with Crippen molar-refractivity contribution in [2.75, 3.05) is 39.3 Å². The van der Waals surface area contributed by atoms with E-state index in [4.69, 9.17) is 4.74 Å². The van der Waals surface area contributed by atoms with Crippen molar-refractivity contribution >= 4 is 5.91 Å². The van der Waals surface area contributed by atoms with Gasteiger partial charge in [-0.3, -0.25) is 9.69 Å². The van der Waals surface area contributed by atoms with E-state index in [-0.39, 0.29) is 11.5 Å². The predicted octanol–water partition coefficient (Wildman–Crippen LogP) is 3.94. The number of morpholine rings is 1. The van der Waals surface area contributed by atoms with Crippen molar-refractivity contribution in [3.63, 3.8) is 0 Å². The van der Waals surface area contributed by atoms with Crippen molar-refractivity contribution in [3.8, 4) is 0 Å². The molecule has 4 heteroatoms. The first-order valence-electron chi connectivity index (χ1n) is 10.6. The van der Waals surface area contributed by atoms with Crippen molar-refractivity contribution in [2.45, 2.75) is 78.2 Å². The van der Waals surface area contributed by atoms with Crippen LogP contribution in [0.4, 0.5) is 0 Å². The predicted molar refractivity (Wildman–Crippen MR) is 104 cm³/mol. The van der Waals surface area contributed by atoms with Gasteiger partial charge in [0.2, 0.25) is 5.91 Å². The van der Waals surface area contributed by atoms with Crippen molar-refractivity contribution in [1.29, 1.82) is 0 Å². The minimum Gasteiger partial charge on any atom is -0.372 e. The van der Waals surface area contributed by atoms with Gasteiger partial charge in [-0.2, -0.15) is 0 Å². The van der Waals surface area contributed by atoms with Crippen LogP contribution in [0.3, 0.4) is 0 Å². The summed E-state index contributed by atoms with van der Waals surface area (Å²) in [7, 11) is 0. The molecule has 146 valence electrons. The van der Waals surface area contributed by atoms with Gasteiger partial charge in [0.15, 0.2) is 0 Å². The zero-order valence-electron chi connectivity index (χ0n) is 17.1. The lowest BCUT2D eigenvalue weighted by atomic mass is 9.88. The molecule has 0 aliphatic carbocycles. The van der Waals surface area contributed by atoms with E-state index in [9.17, 15) is 4.79 Å². The first-order valence-corrected chi connectivity index (χ1v) is 10.6. The molecule has 0 aromatic heterocycles. The molecule has 0 aromatic carbocycles. The molecule has 2 saturated heterocycles. The Morgan fingerprint density at radius 1 is 1.12 bits per heavy atom. The maximum Gasteiger partial charge on any atom is 0.225 e. The third-order valence-corrected chi connectivity index (χ3v) is 6.05. The van der Waals surface area contributed by atoms with Gasteiger partial charge in [0.25, 0.3) is 0 Å². The fourth-order valence-electron chi connectivity index (χ4n) is 4.38. The molecule has 1 atom stereocenters. The van der Waals surface area contributed by atoms with Gasteiger partial charge in [-0.1, -0.05) is 34.1 Å². The van der Waals surface area contributed by atoms with Gasteiger partial charge in [0.05, 0.1) is 12.2 Å². The van der Waals surface area contributed by atoms with E-state index < -0.39 is 0 Å². The second kappa shape index (κ2) is 9.91. The van der Waals surface area contributed by atoms with E-state index in [1.807, 2.05) is 0 Å². The molecule has 2 fully saturated rings. The first-order chi connectivity index (χ1) is 12.0. The van der Waals surface area contributed by atoms with Crippen LogP contribution in [0.2, 0.25) is 0 Å². The van der Waals surface area contributed by atoms with Crippen molar-refractivity contribution in [1.82, 2.24) is 9.80 Å². The molecular formula is C21H40N2O2. The Balaban J connectivity index is 1.82. The van der Waals surface area contributed by atoms with Crippen LogP contribution in [-0.4, -0.2) is 60.6 Å². The van der Waals surface area contributed by atoms with Crippen LogP contribution in [0.25, 0.3) is 0 Å². The Kier molecular flexibility index (Phi) is 8.21. The van der Waals surface area contributed by atoms with Crippen LogP contribution in [0.15, 0.2) is 0 Å². The lowest BCUT2D eigenvalue weighted by Gasteiger charge is -2.47. The van der Waals surface area contributed by atoms with E-state index in [1.165, 1.54) is 19.4 Å². The summed E-state index contributed by atoms with van der Waals surface area (Å²) in [6, 6.07) is 0. The minimum atomic E-state index is -0.000666. The summed E-state index contributed by atoms with van der Waals surface area (Å²) in [6.45, 7) is 14.8. The van der Waals surface area contributed by atoms with Gasteiger partial charge in [0, 0.05) is 32.1 Å². The molecule has 2 aliphatic rings. The Morgan fingerprint density at radius 2 is 1.84 bits per heavy atom. The van der Waals surface area contributed by atoms with Crippen LogP contribution in [0.1, 0.15) is 72.6 Å². The van der Waals surface area contributed by atoms with Crippen LogP contribution >= 0.6 is 0 Å².